The van der Waals surface area contributed by atoms with Crippen molar-refractivity contribution in [2.24, 2.45) is 0 Å². The molecule has 0 N–H and O–H groups in total. The molecule has 2 heterocycles. The van der Waals surface area contributed by atoms with Crippen LogP contribution in [0.5, 0.6) is 0 Å². The van der Waals surface area contributed by atoms with Crippen molar-refractivity contribution >= 4 is 12.0 Å². The van der Waals surface area contributed by atoms with Gasteiger partial charge in [-0.15, -0.1) is 0 Å². The summed E-state index contributed by atoms with van der Waals surface area (Å²) in [4.78, 5) is 27.2. The minimum absolute atomic E-state index is 0.00307. The van der Waals surface area contributed by atoms with Crippen LogP contribution in [0.3, 0.4) is 0 Å². The third-order valence-electron chi connectivity index (χ3n) is 6.72. The van der Waals surface area contributed by atoms with Gasteiger partial charge in [0.05, 0.1) is 0 Å². The number of anilines is 1. The van der Waals surface area contributed by atoms with Crippen LogP contribution in [0.15, 0.2) is 67.0 Å². The van der Waals surface area contributed by atoms with Crippen molar-refractivity contribution < 1.29 is 9.53 Å². The standard InChI is InChI=1S/C30H42N4O2/c1-8-23(9-2)21-33(28-31-19-22(4)20-32-28)26-17-25(10-3)34(29(35)36-30(5,6)7)27(18-26)16-24-14-12-11-13-15-24/h8-9,11-15,19-20,25-27H,1,10,16-18,21H2,2-7H3/b23-9+/t25-,26+,27+/m1/s1. The summed E-state index contributed by atoms with van der Waals surface area (Å²) in [5, 5.41) is 0. The van der Waals surface area contributed by atoms with E-state index in [0.717, 1.165) is 36.8 Å². The molecule has 1 aliphatic heterocycles. The van der Waals surface area contributed by atoms with Crippen molar-refractivity contribution in [1.82, 2.24) is 14.9 Å². The molecule has 1 amide bonds. The minimum atomic E-state index is -0.546. The second kappa shape index (κ2) is 12.2. The molecule has 3 atom stereocenters. The SMILES string of the molecule is C=C/C(=C\C)CN(c1ncc(C)cn1)[C@H]1C[C@@H](CC)N(C(=O)OC(C)(C)C)[C@@H](Cc2ccccc2)C1. The molecule has 0 saturated carbocycles. The summed E-state index contributed by atoms with van der Waals surface area (Å²) in [6, 6.07) is 10.6. The van der Waals surface area contributed by atoms with Crippen molar-refractivity contribution in [2.45, 2.75) is 91.0 Å². The van der Waals surface area contributed by atoms with Crippen molar-refractivity contribution in [2.75, 3.05) is 11.4 Å². The van der Waals surface area contributed by atoms with Crippen LogP contribution < -0.4 is 4.90 Å². The summed E-state index contributed by atoms with van der Waals surface area (Å²) in [5.74, 6) is 0.714. The Hall–Kier alpha value is -3.15. The highest BCUT2D eigenvalue weighted by Gasteiger charge is 2.42. The molecule has 0 bridgehead atoms. The number of hydrogen-bond acceptors (Lipinski definition) is 5. The van der Waals surface area contributed by atoms with E-state index in [1.165, 1.54) is 5.56 Å². The lowest BCUT2D eigenvalue weighted by Crippen LogP contribution is -2.58. The molecular weight excluding hydrogens is 448 g/mol. The fraction of sp³-hybridized carbons (Fsp3) is 0.500. The number of aromatic nitrogens is 2. The number of carbonyl (C=O) groups is 1. The van der Waals surface area contributed by atoms with Gasteiger partial charge in [0.15, 0.2) is 0 Å². The first-order valence-electron chi connectivity index (χ1n) is 13.0. The Morgan fingerprint density at radius 1 is 1.17 bits per heavy atom. The highest BCUT2D eigenvalue weighted by atomic mass is 16.6. The number of piperidine rings is 1. The van der Waals surface area contributed by atoms with Crippen LogP contribution in [0.2, 0.25) is 0 Å². The number of rotatable bonds is 8. The fourth-order valence-electron chi connectivity index (χ4n) is 4.92. The van der Waals surface area contributed by atoms with Gasteiger partial charge in [-0.25, -0.2) is 14.8 Å². The van der Waals surface area contributed by atoms with Gasteiger partial charge in [-0.2, -0.15) is 0 Å². The van der Waals surface area contributed by atoms with Crippen molar-refractivity contribution in [3.05, 3.63) is 78.2 Å². The molecule has 36 heavy (non-hydrogen) atoms. The molecule has 1 fully saturated rings. The van der Waals surface area contributed by atoms with Gasteiger partial charge < -0.3 is 14.5 Å². The second-order valence-corrected chi connectivity index (χ2v) is 10.7. The first kappa shape index (κ1) is 27.4. The van der Waals surface area contributed by atoms with Gasteiger partial charge in [0, 0.05) is 37.1 Å². The number of amides is 1. The molecule has 0 spiro atoms. The Morgan fingerprint density at radius 2 is 1.81 bits per heavy atom. The average Bonchev–Trinajstić information content (AvgIpc) is 2.84. The maximum absolute atomic E-state index is 13.5. The lowest BCUT2D eigenvalue weighted by molar-refractivity contribution is -0.00882. The Labute approximate surface area is 217 Å². The molecule has 3 rings (SSSR count). The number of ether oxygens (including phenoxy) is 1. The van der Waals surface area contributed by atoms with Gasteiger partial charge in [0.2, 0.25) is 5.95 Å². The Kier molecular flexibility index (Phi) is 9.30. The molecule has 1 aromatic heterocycles. The first-order valence-corrected chi connectivity index (χ1v) is 13.0. The van der Waals surface area contributed by atoms with Crippen LogP contribution in [0, 0.1) is 6.92 Å². The van der Waals surface area contributed by atoms with E-state index in [0.29, 0.717) is 12.5 Å². The van der Waals surface area contributed by atoms with Crippen molar-refractivity contribution in [3.8, 4) is 0 Å². The number of aryl methyl sites for hydroxylation is 1. The zero-order chi connectivity index (χ0) is 26.3. The van der Waals surface area contributed by atoms with E-state index in [-0.39, 0.29) is 24.2 Å². The molecule has 1 saturated heterocycles. The third-order valence-corrected chi connectivity index (χ3v) is 6.72. The second-order valence-electron chi connectivity index (χ2n) is 10.7. The maximum Gasteiger partial charge on any atom is 0.410 e. The number of benzene rings is 1. The van der Waals surface area contributed by atoms with Gasteiger partial charge in [-0.1, -0.05) is 56.0 Å². The molecule has 1 aliphatic rings. The topological polar surface area (TPSA) is 58.6 Å². The predicted molar refractivity (Wildman–Crippen MR) is 147 cm³/mol. The largest absolute Gasteiger partial charge is 0.444 e. The van der Waals surface area contributed by atoms with Gasteiger partial charge >= 0.3 is 6.09 Å². The lowest BCUT2D eigenvalue weighted by atomic mass is 9.86. The fourth-order valence-corrected chi connectivity index (χ4v) is 4.92. The van der Waals surface area contributed by atoms with E-state index in [1.807, 2.05) is 64.1 Å². The van der Waals surface area contributed by atoms with Crippen LogP contribution in [-0.4, -0.2) is 51.2 Å². The van der Waals surface area contributed by atoms with Crippen LogP contribution in [0.1, 0.15) is 65.0 Å². The molecule has 0 aliphatic carbocycles. The van der Waals surface area contributed by atoms with Crippen molar-refractivity contribution in [3.63, 3.8) is 0 Å². The first-order chi connectivity index (χ1) is 17.1. The average molecular weight is 491 g/mol. The quantitative estimate of drug-likeness (QED) is 0.395. The molecule has 1 aromatic carbocycles. The summed E-state index contributed by atoms with van der Waals surface area (Å²) in [5.41, 5.74) is 2.82. The molecule has 0 unspecified atom stereocenters. The molecule has 194 valence electrons. The Morgan fingerprint density at radius 3 is 2.36 bits per heavy atom. The molecule has 6 heteroatoms. The third kappa shape index (κ3) is 7.19. The van der Waals surface area contributed by atoms with Crippen LogP contribution in [0.4, 0.5) is 10.7 Å². The summed E-state index contributed by atoms with van der Waals surface area (Å²) < 4.78 is 5.90. The number of carbonyl (C=O) groups excluding carboxylic acids is 1. The molecule has 2 aromatic rings. The summed E-state index contributed by atoms with van der Waals surface area (Å²) >= 11 is 0. The van der Waals surface area contributed by atoms with Crippen LogP contribution in [-0.2, 0) is 11.2 Å². The monoisotopic (exact) mass is 490 g/mol. The predicted octanol–water partition coefficient (Wildman–Crippen LogP) is 6.51. The van der Waals surface area contributed by atoms with E-state index < -0.39 is 5.60 Å². The normalized spacial score (nSPS) is 20.7. The van der Waals surface area contributed by atoms with Crippen LogP contribution in [0.25, 0.3) is 0 Å². The number of allylic oxidation sites excluding steroid dienone is 1. The summed E-state index contributed by atoms with van der Waals surface area (Å²) in [7, 11) is 0. The number of likely N-dealkylation sites (tertiary alicyclic amines) is 1. The maximum atomic E-state index is 13.5. The highest BCUT2D eigenvalue weighted by molar-refractivity contribution is 5.69. The molecule has 6 nitrogen and oxygen atoms in total. The van der Waals surface area contributed by atoms with E-state index in [4.69, 9.17) is 4.74 Å². The number of hydrogen-bond donors (Lipinski definition) is 0. The van der Waals surface area contributed by atoms with E-state index in [2.05, 4.69) is 58.7 Å². The van der Waals surface area contributed by atoms with E-state index >= 15 is 0 Å². The van der Waals surface area contributed by atoms with Crippen LogP contribution >= 0.6 is 0 Å². The van der Waals surface area contributed by atoms with Gasteiger partial charge in [0.1, 0.15) is 5.60 Å². The van der Waals surface area contributed by atoms with Gasteiger partial charge in [-0.05, 0) is 77.0 Å². The summed E-state index contributed by atoms with van der Waals surface area (Å²) in [6.07, 6.45) is 10.7. The zero-order valence-electron chi connectivity index (χ0n) is 22.8. The Bertz CT molecular complexity index is 1030. The summed E-state index contributed by atoms with van der Waals surface area (Å²) in [6.45, 7) is 16.6. The zero-order valence-corrected chi connectivity index (χ0v) is 22.8. The smallest absolute Gasteiger partial charge is 0.410 e. The Balaban J connectivity index is 2.00. The van der Waals surface area contributed by atoms with Crippen molar-refractivity contribution in [1.29, 1.82) is 0 Å². The van der Waals surface area contributed by atoms with E-state index in [9.17, 15) is 4.79 Å². The minimum Gasteiger partial charge on any atom is -0.444 e. The van der Waals surface area contributed by atoms with Gasteiger partial charge in [-0.3, -0.25) is 0 Å². The number of nitrogens with zero attached hydrogens (tertiary/aromatic N) is 4. The molecular formula is C30H42N4O2. The highest BCUT2D eigenvalue weighted by Crippen LogP contribution is 2.33. The van der Waals surface area contributed by atoms with E-state index in [1.54, 1.807) is 0 Å². The molecule has 0 radical (unpaired) electrons. The van der Waals surface area contributed by atoms with Gasteiger partial charge in [0.25, 0.3) is 0 Å². The lowest BCUT2D eigenvalue weighted by Gasteiger charge is -2.48.